The molecule has 0 bridgehead atoms. The zero-order chi connectivity index (χ0) is 28.2. The van der Waals surface area contributed by atoms with Gasteiger partial charge in [-0.2, -0.15) is 0 Å². The number of halogens is 2. The molecule has 0 atom stereocenters. The van der Waals surface area contributed by atoms with E-state index in [-0.39, 0.29) is 25.7 Å². The third kappa shape index (κ3) is 7.28. The largest absolute Gasteiger partial charge is 0.574 e. The third-order valence-electron chi connectivity index (χ3n) is 5.83. The van der Waals surface area contributed by atoms with Crippen LogP contribution in [0.3, 0.4) is 0 Å². The van der Waals surface area contributed by atoms with Crippen LogP contribution in [0.4, 0.5) is 14.6 Å². The summed E-state index contributed by atoms with van der Waals surface area (Å²) < 4.78 is 26.9. The molecule has 1 aliphatic rings. The summed E-state index contributed by atoms with van der Waals surface area (Å²) >= 11 is 0. The maximum Gasteiger partial charge on any atom is 0.0945 e. The molecular weight excluding hydrogens is 701 g/mol. The Hall–Kier alpha value is -4.27. The van der Waals surface area contributed by atoms with E-state index in [1.54, 1.807) is 6.07 Å². The van der Waals surface area contributed by atoms with Crippen molar-refractivity contribution in [3.05, 3.63) is 120 Å². The van der Waals surface area contributed by atoms with Gasteiger partial charge in [-0.3, -0.25) is 23.7 Å². The molecule has 3 aromatic heterocycles. The first-order chi connectivity index (χ1) is 19.2. The molecule has 0 saturated heterocycles. The van der Waals surface area contributed by atoms with Gasteiger partial charge in [0.1, 0.15) is 0 Å². The van der Waals surface area contributed by atoms with E-state index in [0.29, 0.717) is 17.3 Å². The number of anilines is 1. The van der Waals surface area contributed by atoms with Crippen LogP contribution in [0.15, 0.2) is 73.1 Å². The number of pyridine rings is 1. The smallest absolute Gasteiger partial charge is 0.0945 e. The fourth-order valence-electron chi connectivity index (χ4n) is 4.00. The van der Waals surface area contributed by atoms with Crippen molar-refractivity contribution in [2.24, 2.45) is 0 Å². The predicted molar refractivity (Wildman–Crippen MR) is 149 cm³/mol. The molecule has 0 fully saturated rings. The Morgan fingerprint density at radius 1 is 0.878 bits per heavy atom. The van der Waals surface area contributed by atoms with Crippen LogP contribution in [0.5, 0.6) is 0 Å². The zero-order valence-corrected chi connectivity index (χ0v) is 25.1. The number of benzene rings is 2. The summed E-state index contributed by atoms with van der Waals surface area (Å²) in [4.78, 5) is 17.1. The molecule has 211 valence electrons. The van der Waals surface area contributed by atoms with Crippen molar-refractivity contribution in [1.29, 1.82) is 0 Å². The van der Waals surface area contributed by atoms with Gasteiger partial charge in [0.2, 0.25) is 0 Å². The first kappa shape index (κ1) is 29.7. The fraction of sp³-hybridized carbons (Fsp3) is 0.129. The van der Waals surface area contributed by atoms with Gasteiger partial charge in [0.25, 0.3) is 0 Å². The van der Waals surface area contributed by atoms with E-state index in [9.17, 15) is 8.78 Å². The number of rotatable bonds is 4. The molecule has 10 heteroatoms. The second kappa shape index (κ2) is 12.9. The molecule has 0 saturated carbocycles. The summed E-state index contributed by atoms with van der Waals surface area (Å²) in [5.74, 6) is 0.0117. The average molecular weight is 726 g/mol. The molecule has 0 aliphatic carbocycles. The molecule has 2 aromatic carbocycles. The maximum atomic E-state index is 13.9. The zero-order valence-electron chi connectivity index (χ0n) is 22.7. The van der Waals surface area contributed by atoms with E-state index in [4.69, 9.17) is 0 Å². The minimum absolute atomic E-state index is 0. The molecular formula is C31H25F2IrN7-4. The Bertz CT molecular complexity index is 1670. The summed E-state index contributed by atoms with van der Waals surface area (Å²) in [6, 6.07) is 22.8. The maximum absolute atomic E-state index is 13.9. The monoisotopic (exact) mass is 726 g/mol. The molecule has 5 aromatic rings. The van der Waals surface area contributed by atoms with Gasteiger partial charge in [0, 0.05) is 48.8 Å². The fourth-order valence-corrected chi connectivity index (χ4v) is 4.00. The number of nitrogens with zero attached hydrogens (tertiary/aromatic N) is 7. The van der Waals surface area contributed by atoms with Crippen LogP contribution in [-0.4, -0.2) is 32.0 Å². The van der Waals surface area contributed by atoms with Crippen LogP contribution in [0.2, 0.25) is 0 Å². The minimum Gasteiger partial charge on any atom is -0.574 e. The van der Waals surface area contributed by atoms with Gasteiger partial charge in [-0.15, -0.1) is 54.7 Å². The molecule has 0 amide bonds. The van der Waals surface area contributed by atoms with Crippen LogP contribution in [0, 0.1) is 51.2 Å². The van der Waals surface area contributed by atoms with E-state index in [1.165, 1.54) is 0 Å². The third-order valence-corrected chi connectivity index (χ3v) is 5.83. The summed E-state index contributed by atoms with van der Waals surface area (Å²) in [6.45, 7) is 7.62. The van der Waals surface area contributed by atoms with Gasteiger partial charge < -0.3 is 20.0 Å². The molecule has 0 unspecified atom stereocenters. The van der Waals surface area contributed by atoms with Crippen molar-refractivity contribution in [2.75, 3.05) is 11.9 Å². The second-order valence-corrected chi connectivity index (χ2v) is 9.28. The first-order valence-corrected chi connectivity index (χ1v) is 12.4. The van der Waals surface area contributed by atoms with Crippen molar-refractivity contribution in [3.63, 3.8) is 0 Å². The topological polar surface area (TPSA) is 72.1 Å². The average Bonchev–Trinajstić information content (AvgIpc) is 3.57. The van der Waals surface area contributed by atoms with Crippen molar-refractivity contribution in [3.8, 4) is 34.0 Å². The predicted octanol–water partition coefficient (Wildman–Crippen LogP) is 6.06. The molecule has 1 radical (unpaired) electrons. The Kier molecular flexibility index (Phi) is 9.37. The minimum atomic E-state index is -0.669. The molecule has 0 N–H and O–H groups in total. The summed E-state index contributed by atoms with van der Waals surface area (Å²) in [5.41, 5.74) is 5.77. The molecule has 4 heterocycles. The van der Waals surface area contributed by atoms with Crippen molar-refractivity contribution < 1.29 is 28.9 Å². The van der Waals surface area contributed by atoms with Gasteiger partial charge >= 0.3 is 0 Å². The van der Waals surface area contributed by atoms with Crippen LogP contribution in [0.1, 0.15) is 17.0 Å². The SMILES string of the molecule is Cc1cc(-c2[c-]cc(F)cc2F)nc(N2C=CN(C)[CH-]2)c1.Cc1cc(-c2cc(C)nc(-c3[c-]cccc3)n2)[n-]n1.[Ir]. The number of hydrogen-bond acceptors (Lipinski definition) is 6. The van der Waals surface area contributed by atoms with Crippen LogP contribution in [0.25, 0.3) is 34.0 Å². The van der Waals surface area contributed by atoms with Crippen molar-refractivity contribution in [2.45, 2.75) is 20.8 Å². The van der Waals surface area contributed by atoms with Gasteiger partial charge in [-0.05, 0) is 58.0 Å². The van der Waals surface area contributed by atoms with E-state index >= 15 is 0 Å². The normalized spacial score (nSPS) is 12.1. The van der Waals surface area contributed by atoms with E-state index in [2.05, 4.69) is 37.3 Å². The Balaban J connectivity index is 0.000000185. The van der Waals surface area contributed by atoms with E-state index in [1.807, 2.05) is 99.2 Å². The Morgan fingerprint density at radius 3 is 2.37 bits per heavy atom. The van der Waals surface area contributed by atoms with Crippen LogP contribution < -0.4 is 10.00 Å². The van der Waals surface area contributed by atoms with E-state index in [0.717, 1.165) is 46.0 Å². The standard InChI is InChI=1S/C16H13F2N3.C15H12N4.Ir/c1-11-7-15(13-4-3-12(17)9-14(13)18)19-16(8-11)21-6-5-20(2)10-21;1-10-8-13(14-9-11(2)18-19-14)17-15(16-10)12-6-4-3-5-7-12;/h3,5-10H,1-2H3;3-6,8-9H,1-2H3;/q2*-2;. The van der Waals surface area contributed by atoms with Gasteiger partial charge in [-0.25, -0.2) is 0 Å². The van der Waals surface area contributed by atoms with Crippen LogP contribution >= 0.6 is 0 Å². The second-order valence-electron chi connectivity index (χ2n) is 9.28. The summed E-state index contributed by atoms with van der Waals surface area (Å²) in [7, 11) is 1.90. The summed E-state index contributed by atoms with van der Waals surface area (Å²) in [5, 5.41) is 8.12. The first-order valence-electron chi connectivity index (χ1n) is 12.4. The number of hydrogen-bond donors (Lipinski definition) is 0. The van der Waals surface area contributed by atoms with Gasteiger partial charge in [-0.1, -0.05) is 35.0 Å². The molecule has 1 aliphatic heterocycles. The molecule has 41 heavy (non-hydrogen) atoms. The van der Waals surface area contributed by atoms with E-state index < -0.39 is 11.6 Å². The Morgan fingerprint density at radius 2 is 1.71 bits per heavy atom. The molecule has 0 spiro atoms. The number of aryl methyl sites for hydroxylation is 3. The Labute approximate surface area is 251 Å². The number of aromatic nitrogens is 5. The molecule has 6 rings (SSSR count). The van der Waals surface area contributed by atoms with Crippen molar-refractivity contribution in [1.82, 2.24) is 30.0 Å². The van der Waals surface area contributed by atoms with Gasteiger partial charge in [0.05, 0.1) is 11.6 Å². The quantitative estimate of drug-likeness (QED) is 0.209. The van der Waals surface area contributed by atoms with Crippen molar-refractivity contribution >= 4 is 5.82 Å². The van der Waals surface area contributed by atoms with Gasteiger partial charge in [0.15, 0.2) is 0 Å². The van der Waals surface area contributed by atoms with Crippen LogP contribution in [-0.2, 0) is 20.1 Å². The summed E-state index contributed by atoms with van der Waals surface area (Å²) in [6.07, 6.45) is 3.74. The molecule has 7 nitrogen and oxygen atoms in total.